The van der Waals surface area contributed by atoms with Crippen molar-refractivity contribution in [3.8, 4) is 0 Å². The summed E-state index contributed by atoms with van der Waals surface area (Å²) in [6.45, 7) is 8.79. The Morgan fingerprint density at radius 2 is 1.69 bits per heavy atom. The van der Waals surface area contributed by atoms with Crippen molar-refractivity contribution >= 4 is 11.9 Å². The van der Waals surface area contributed by atoms with Crippen molar-refractivity contribution in [1.29, 1.82) is 0 Å². The highest BCUT2D eigenvalue weighted by atomic mass is 19.4. The predicted molar refractivity (Wildman–Crippen MR) is 111 cm³/mol. The molecule has 1 aromatic heterocycles. The number of hydrogen-bond acceptors (Lipinski definition) is 6. The zero-order chi connectivity index (χ0) is 27.0. The van der Waals surface area contributed by atoms with Gasteiger partial charge in [0, 0.05) is 50.5 Å². The van der Waals surface area contributed by atoms with E-state index in [2.05, 4.69) is 41.7 Å². The first-order valence-electron chi connectivity index (χ1n) is 10.6. The second-order valence-electron chi connectivity index (χ2n) is 8.49. The van der Waals surface area contributed by atoms with Crippen LogP contribution in [0.1, 0.15) is 25.8 Å². The van der Waals surface area contributed by atoms with Gasteiger partial charge in [-0.1, -0.05) is 6.07 Å². The fourth-order valence-corrected chi connectivity index (χ4v) is 3.48. The number of carbonyl (C=O) groups is 2. The summed E-state index contributed by atoms with van der Waals surface area (Å²) < 4.78 is 69.7. The van der Waals surface area contributed by atoms with Gasteiger partial charge in [0.15, 0.2) is 0 Å². The Balaban J connectivity index is 0.000000362. The monoisotopic (exact) mass is 517 g/mol. The summed E-state index contributed by atoms with van der Waals surface area (Å²) in [4.78, 5) is 26.9. The summed E-state index contributed by atoms with van der Waals surface area (Å²) in [5, 5.41) is 14.2. The summed E-state index contributed by atoms with van der Waals surface area (Å²) in [5.74, 6) is -4.80. The first-order valence-corrected chi connectivity index (χ1v) is 10.6. The van der Waals surface area contributed by atoms with Gasteiger partial charge in [-0.05, 0) is 38.9 Å². The zero-order valence-corrected chi connectivity index (χ0v) is 19.4. The first kappa shape index (κ1) is 30.6. The van der Waals surface area contributed by atoms with E-state index in [-0.39, 0.29) is 0 Å². The standard InChI is InChI=1S/C17H27N3O.2C2HF3O2/c1-13(2)19(3)11-16-7-15-10-20(12-17(15)21-16)9-14-5-4-6-18-8-14;2*3-2(4,5)1(6)7/h4-6,8,13,15-17H,7,9-12H2,1-3H3;2*(H,6,7)/t15-,16-,17+;;/m1../s1. The molecule has 0 amide bonds. The van der Waals surface area contributed by atoms with Gasteiger partial charge in [-0.3, -0.25) is 9.88 Å². The van der Waals surface area contributed by atoms with E-state index in [1.165, 1.54) is 18.5 Å². The van der Waals surface area contributed by atoms with Crippen LogP contribution in [-0.2, 0) is 20.9 Å². The maximum absolute atomic E-state index is 10.6. The molecule has 14 heteroatoms. The zero-order valence-electron chi connectivity index (χ0n) is 19.4. The van der Waals surface area contributed by atoms with Gasteiger partial charge in [0.2, 0.25) is 0 Å². The summed E-state index contributed by atoms with van der Waals surface area (Å²) in [7, 11) is 2.19. The van der Waals surface area contributed by atoms with E-state index in [4.69, 9.17) is 24.5 Å². The van der Waals surface area contributed by atoms with Crippen molar-refractivity contribution in [2.75, 3.05) is 26.7 Å². The molecule has 3 atom stereocenters. The number of alkyl halides is 6. The maximum atomic E-state index is 10.6. The van der Waals surface area contributed by atoms with Crippen molar-refractivity contribution in [3.63, 3.8) is 0 Å². The first-order chi connectivity index (χ1) is 16.0. The van der Waals surface area contributed by atoms with E-state index in [9.17, 15) is 26.3 Å². The molecular formula is C21H29F6N3O5. The van der Waals surface area contributed by atoms with Crippen LogP contribution in [0.3, 0.4) is 0 Å². The van der Waals surface area contributed by atoms with Crippen molar-refractivity contribution < 1.29 is 50.9 Å². The number of rotatable bonds is 5. The van der Waals surface area contributed by atoms with Crippen LogP contribution in [0.2, 0.25) is 0 Å². The van der Waals surface area contributed by atoms with E-state index in [1.807, 2.05) is 18.5 Å². The Kier molecular flexibility index (Phi) is 11.4. The minimum Gasteiger partial charge on any atom is -0.475 e. The lowest BCUT2D eigenvalue weighted by molar-refractivity contribution is -0.193. The van der Waals surface area contributed by atoms with Gasteiger partial charge >= 0.3 is 24.3 Å². The number of fused-ring (bicyclic) bond motifs is 1. The second-order valence-corrected chi connectivity index (χ2v) is 8.49. The van der Waals surface area contributed by atoms with E-state index >= 15 is 0 Å². The molecular weight excluding hydrogens is 488 g/mol. The molecule has 2 N–H and O–H groups in total. The predicted octanol–water partition coefficient (Wildman–Crippen LogP) is 3.28. The van der Waals surface area contributed by atoms with Crippen LogP contribution in [-0.4, -0.2) is 94.2 Å². The number of likely N-dealkylation sites (N-methyl/N-ethyl adjacent to an activating group) is 1. The van der Waals surface area contributed by atoms with Gasteiger partial charge in [0.1, 0.15) is 0 Å². The highest BCUT2D eigenvalue weighted by Crippen LogP contribution is 2.34. The highest BCUT2D eigenvalue weighted by molar-refractivity contribution is 5.73. The summed E-state index contributed by atoms with van der Waals surface area (Å²) >= 11 is 0. The van der Waals surface area contributed by atoms with E-state index < -0.39 is 24.3 Å². The number of ether oxygens (including phenoxy) is 1. The molecule has 0 radical (unpaired) electrons. The third-order valence-corrected chi connectivity index (χ3v) is 5.38. The number of hydrogen-bond donors (Lipinski definition) is 2. The van der Waals surface area contributed by atoms with Crippen LogP contribution in [0, 0.1) is 5.92 Å². The van der Waals surface area contributed by atoms with Gasteiger partial charge in [0.05, 0.1) is 12.2 Å². The molecule has 2 fully saturated rings. The number of aliphatic carboxylic acids is 2. The van der Waals surface area contributed by atoms with E-state index in [0.29, 0.717) is 24.2 Å². The summed E-state index contributed by atoms with van der Waals surface area (Å²) in [6, 6.07) is 4.76. The van der Waals surface area contributed by atoms with E-state index in [0.717, 1.165) is 19.6 Å². The molecule has 3 rings (SSSR count). The van der Waals surface area contributed by atoms with Crippen molar-refractivity contribution in [2.45, 2.75) is 57.4 Å². The van der Waals surface area contributed by atoms with Gasteiger partial charge in [0.25, 0.3) is 0 Å². The smallest absolute Gasteiger partial charge is 0.475 e. The normalized spacial score (nSPS) is 22.2. The lowest BCUT2D eigenvalue weighted by Gasteiger charge is -2.25. The molecule has 200 valence electrons. The average molecular weight is 517 g/mol. The Morgan fingerprint density at radius 3 is 2.09 bits per heavy atom. The average Bonchev–Trinajstić information content (AvgIpc) is 3.26. The van der Waals surface area contributed by atoms with Crippen molar-refractivity contribution in [2.24, 2.45) is 5.92 Å². The molecule has 2 aliphatic rings. The molecule has 0 aliphatic carbocycles. The number of halogens is 6. The lowest BCUT2D eigenvalue weighted by Crippen LogP contribution is -2.35. The van der Waals surface area contributed by atoms with Crippen molar-refractivity contribution in [1.82, 2.24) is 14.8 Å². The molecule has 2 saturated heterocycles. The number of likely N-dealkylation sites (tertiary alicyclic amines) is 1. The summed E-state index contributed by atoms with van der Waals surface area (Å²) in [6.07, 6.45) is -4.29. The molecule has 2 aliphatic heterocycles. The van der Waals surface area contributed by atoms with Crippen molar-refractivity contribution in [3.05, 3.63) is 30.1 Å². The fourth-order valence-electron chi connectivity index (χ4n) is 3.48. The van der Waals surface area contributed by atoms with Crippen LogP contribution < -0.4 is 0 Å². The molecule has 1 aromatic rings. The molecule has 0 aromatic carbocycles. The van der Waals surface area contributed by atoms with Gasteiger partial charge < -0.3 is 19.8 Å². The molecule has 0 unspecified atom stereocenters. The Morgan fingerprint density at radius 1 is 1.14 bits per heavy atom. The van der Waals surface area contributed by atoms with Crippen LogP contribution in [0.4, 0.5) is 26.3 Å². The number of carboxylic acids is 2. The fraction of sp³-hybridized carbons (Fsp3) is 0.667. The third-order valence-electron chi connectivity index (χ3n) is 5.38. The highest BCUT2D eigenvalue weighted by Gasteiger charge is 2.42. The molecule has 0 saturated carbocycles. The van der Waals surface area contributed by atoms with Gasteiger partial charge in [-0.2, -0.15) is 26.3 Å². The second kappa shape index (κ2) is 13.0. The topological polar surface area (TPSA) is 103 Å². The minimum atomic E-state index is -5.08. The molecule has 0 bridgehead atoms. The number of nitrogens with zero attached hydrogens (tertiary/aromatic N) is 3. The van der Waals surface area contributed by atoms with Gasteiger partial charge in [-0.25, -0.2) is 9.59 Å². The van der Waals surface area contributed by atoms with Gasteiger partial charge in [-0.15, -0.1) is 0 Å². The Labute approximate surface area is 198 Å². The van der Waals surface area contributed by atoms with E-state index in [1.54, 1.807) is 0 Å². The number of carboxylic acid groups (broad SMARTS) is 2. The molecule has 3 heterocycles. The minimum absolute atomic E-state index is 0.424. The largest absolute Gasteiger partial charge is 0.490 e. The Hall–Kier alpha value is -2.45. The van der Waals surface area contributed by atoms with Crippen LogP contribution >= 0.6 is 0 Å². The summed E-state index contributed by atoms with van der Waals surface area (Å²) in [5.41, 5.74) is 1.30. The number of aromatic nitrogens is 1. The quantitative estimate of drug-likeness (QED) is 0.574. The molecule has 0 spiro atoms. The maximum Gasteiger partial charge on any atom is 0.490 e. The van der Waals surface area contributed by atoms with Crippen LogP contribution in [0.25, 0.3) is 0 Å². The molecule has 35 heavy (non-hydrogen) atoms. The third kappa shape index (κ3) is 11.2. The van der Waals surface area contributed by atoms with Crippen LogP contribution in [0.15, 0.2) is 24.5 Å². The van der Waals surface area contributed by atoms with Crippen LogP contribution in [0.5, 0.6) is 0 Å². The lowest BCUT2D eigenvalue weighted by atomic mass is 10.0. The Bertz CT molecular complexity index is 769. The number of pyridine rings is 1. The molecule has 8 nitrogen and oxygen atoms in total. The SMILES string of the molecule is CC(C)N(C)C[C@H]1C[C@@H]2CN(Cc3cccnc3)C[C@@H]2O1.O=C(O)C(F)(F)F.O=C(O)C(F)(F)F.